The van der Waals surface area contributed by atoms with Crippen LogP contribution in [0.3, 0.4) is 0 Å². The normalized spacial score (nSPS) is 22.1. The zero-order chi connectivity index (χ0) is 33.6. The maximum absolute atomic E-state index is 9.83. The number of unbranched alkanes of at least 4 members (excludes halogenated alkanes) is 1. The first-order valence-corrected chi connectivity index (χ1v) is 20.0. The lowest BCUT2D eigenvalue weighted by Crippen LogP contribution is -2.25. The van der Waals surface area contributed by atoms with Crippen molar-refractivity contribution < 1.29 is 41.4 Å². The van der Waals surface area contributed by atoms with Crippen LogP contribution >= 0.6 is 0 Å². The quantitative estimate of drug-likeness (QED) is 0.138. The summed E-state index contributed by atoms with van der Waals surface area (Å²) >= 11 is 0. The van der Waals surface area contributed by atoms with Gasteiger partial charge < -0.3 is 33.0 Å². The van der Waals surface area contributed by atoms with Gasteiger partial charge in [-0.15, -0.1) is 0 Å². The molecule has 11 heteroatoms. The molecule has 6 rings (SSSR count). The Balaban J connectivity index is 0.000000503. The second-order valence-corrected chi connectivity index (χ2v) is 15.6. The van der Waals surface area contributed by atoms with Crippen molar-refractivity contribution in [3.05, 3.63) is 72.8 Å². The van der Waals surface area contributed by atoms with Crippen molar-refractivity contribution in [2.24, 2.45) is 0 Å². The summed E-state index contributed by atoms with van der Waals surface area (Å²) in [6.07, 6.45) is 10.1. The first kappa shape index (κ1) is 36.5. The lowest BCUT2D eigenvalue weighted by molar-refractivity contribution is -0.106. The van der Waals surface area contributed by atoms with Crippen LogP contribution in [-0.4, -0.2) is 57.4 Å². The molecule has 262 valence electrons. The van der Waals surface area contributed by atoms with Gasteiger partial charge in [0.05, 0.1) is 40.8 Å². The van der Waals surface area contributed by atoms with E-state index >= 15 is 0 Å². The summed E-state index contributed by atoms with van der Waals surface area (Å²) in [4.78, 5) is 3.47. The van der Waals surface area contributed by atoms with Gasteiger partial charge in [0.2, 0.25) is 0 Å². The Hall–Kier alpha value is -2.80. The minimum Gasteiger partial charge on any atom is -0.748 e. The molecule has 3 heterocycles. The van der Waals surface area contributed by atoms with Crippen LogP contribution in [0.4, 0.5) is 0 Å². The van der Waals surface area contributed by atoms with Crippen molar-refractivity contribution in [2.75, 3.05) is 25.6 Å². The van der Waals surface area contributed by atoms with Crippen LogP contribution in [0.2, 0.25) is 0 Å². The SMILES string of the molecule is CCCCS(=O)(=O)[O-].c1cc(OC2CCCCO2)cc([S+](c2cccc(OC3CCCCO3)c2)c2cccc(OC3CCCCO3)c2)c1. The van der Waals surface area contributed by atoms with Gasteiger partial charge in [-0.3, -0.25) is 0 Å². The molecule has 0 aliphatic carbocycles. The molecule has 3 aromatic rings. The average Bonchev–Trinajstić information content (AvgIpc) is 3.09. The summed E-state index contributed by atoms with van der Waals surface area (Å²) in [6, 6.07) is 25.2. The number of rotatable bonds is 12. The van der Waals surface area contributed by atoms with E-state index in [1.54, 1.807) is 0 Å². The minimum atomic E-state index is -3.94. The molecule has 3 aliphatic heterocycles. The fourth-order valence-corrected chi connectivity index (χ4v) is 8.43. The lowest BCUT2D eigenvalue weighted by atomic mass is 10.2. The van der Waals surface area contributed by atoms with Crippen molar-refractivity contribution >= 4 is 21.0 Å². The van der Waals surface area contributed by atoms with Gasteiger partial charge in [0.25, 0.3) is 0 Å². The van der Waals surface area contributed by atoms with Crippen molar-refractivity contribution in [3.8, 4) is 17.2 Å². The molecule has 3 fully saturated rings. The van der Waals surface area contributed by atoms with Crippen molar-refractivity contribution in [1.29, 1.82) is 0 Å². The molecule has 0 radical (unpaired) electrons. The number of hydrogen-bond acceptors (Lipinski definition) is 9. The van der Waals surface area contributed by atoms with Crippen molar-refractivity contribution in [3.63, 3.8) is 0 Å². The van der Waals surface area contributed by atoms with E-state index in [4.69, 9.17) is 28.4 Å². The number of benzene rings is 3. The molecule has 0 saturated carbocycles. The molecule has 0 N–H and O–H groups in total. The predicted octanol–water partition coefficient (Wildman–Crippen LogP) is 7.83. The second kappa shape index (κ2) is 18.8. The average molecular weight is 701 g/mol. The van der Waals surface area contributed by atoms with Gasteiger partial charge in [-0.25, -0.2) is 8.42 Å². The fourth-order valence-electron chi connectivity index (χ4n) is 5.62. The Labute approximate surface area is 288 Å². The molecular formula is C37H48O9S2. The molecule has 3 atom stereocenters. The lowest BCUT2D eigenvalue weighted by Gasteiger charge is -2.24. The number of hydrogen-bond donors (Lipinski definition) is 0. The highest BCUT2D eigenvalue weighted by Crippen LogP contribution is 2.37. The summed E-state index contributed by atoms with van der Waals surface area (Å²) in [7, 11) is -4.36. The maximum Gasteiger partial charge on any atom is 0.199 e. The zero-order valence-corrected chi connectivity index (χ0v) is 29.4. The third-order valence-corrected chi connectivity index (χ3v) is 11.1. The van der Waals surface area contributed by atoms with Crippen LogP contribution in [0.25, 0.3) is 0 Å². The summed E-state index contributed by atoms with van der Waals surface area (Å²) in [5.41, 5.74) is 0. The van der Waals surface area contributed by atoms with E-state index in [0.717, 1.165) is 116 Å². The Morgan fingerprint density at radius 3 is 1.29 bits per heavy atom. The summed E-state index contributed by atoms with van der Waals surface area (Å²) in [5, 5.41) is 0. The summed E-state index contributed by atoms with van der Waals surface area (Å²) in [5.74, 6) is 2.26. The second-order valence-electron chi connectivity index (χ2n) is 12.1. The predicted molar refractivity (Wildman–Crippen MR) is 184 cm³/mol. The van der Waals surface area contributed by atoms with E-state index in [-0.39, 0.29) is 24.6 Å². The van der Waals surface area contributed by atoms with E-state index in [1.165, 1.54) is 0 Å². The summed E-state index contributed by atoms with van der Waals surface area (Å²) in [6.45, 7) is 4.10. The van der Waals surface area contributed by atoms with Gasteiger partial charge in [0, 0.05) is 43.2 Å². The Morgan fingerprint density at radius 1 is 0.646 bits per heavy atom. The Kier molecular flexibility index (Phi) is 14.3. The molecule has 3 unspecified atom stereocenters. The third kappa shape index (κ3) is 12.0. The van der Waals surface area contributed by atoms with Crippen molar-refractivity contribution in [2.45, 2.75) is 111 Å². The largest absolute Gasteiger partial charge is 0.748 e. The summed E-state index contributed by atoms with van der Waals surface area (Å²) < 4.78 is 65.9. The van der Waals surface area contributed by atoms with E-state index in [0.29, 0.717) is 6.42 Å². The minimum absolute atomic E-state index is 0.190. The Bertz CT molecular complexity index is 1350. The molecular weight excluding hydrogens is 653 g/mol. The molecule has 0 spiro atoms. The van der Waals surface area contributed by atoms with Gasteiger partial charge in [0.1, 0.15) is 17.2 Å². The van der Waals surface area contributed by atoms with Crippen LogP contribution in [0.5, 0.6) is 17.2 Å². The van der Waals surface area contributed by atoms with Crippen molar-refractivity contribution in [1.82, 2.24) is 0 Å². The van der Waals surface area contributed by atoms with E-state index in [2.05, 4.69) is 54.6 Å². The maximum atomic E-state index is 9.83. The molecule has 3 aromatic carbocycles. The van der Waals surface area contributed by atoms with Gasteiger partial charge >= 0.3 is 0 Å². The van der Waals surface area contributed by atoms with Gasteiger partial charge in [0.15, 0.2) is 33.6 Å². The van der Waals surface area contributed by atoms with Crippen LogP contribution in [0.15, 0.2) is 87.5 Å². The van der Waals surface area contributed by atoms with Gasteiger partial charge in [-0.1, -0.05) is 31.5 Å². The van der Waals surface area contributed by atoms with E-state index < -0.39 is 21.0 Å². The third-order valence-electron chi connectivity index (χ3n) is 8.09. The van der Waals surface area contributed by atoms with E-state index in [9.17, 15) is 13.0 Å². The number of ether oxygens (including phenoxy) is 6. The van der Waals surface area contributed by atoms with Crippen LogP contribution < -0.4 is 14.2 Å². The zero-order valence-electron chi connectivity index (χ0n) is 27.8. The highest BCUT2D eigenvalue weighted by atomic mass is 32.2. The highest BCUT2D eigenvalue weighted by molar-refractivity contribution is 7.97. The van der Waals surface area contributed by atoms with Crippen LogP contribution in [0, 0.1) is 0 Å². The molecule has 0 bridgehead atoms. The first-order chi connectivity index (χ1) is 23.4. The highest BCUT2D eigenvalue weighted by Gasteiger charge is 2.31. The monoisotopic (exact) mass is 700 g/mol. The van der Waals surface area contributed by atoms with Crippen LogP contribution in [-0.2, 0) is 35.2 Å². The standard InChI is InChI=1S/C33H39O6S.C4H10O3S/c1-4-19-34-31(16-1)37-25-10-7-13-28(22-25)40(29-14-8-11-26(23-29)38-32-17-2-5-20-35-32)30-15-9-12-27(24-30)39-33-18-3-6-21-36-33;1-2-3-4-8(5,6)7/h7-15,22-24,31-33H,1-6,16-21H2;2-4H2,1H3,(H,5,6,7)/q+1;/p-1. The molecule has 3 saturated heterocycles. The fraction of sp³-hybridized carbons (Fsp3) is 0.514. The molecule has 3 aliphatic rings. The van der Waals surface area contributed by atoms with Gasteiger partial charge in [-0.2, -0.15) is 0 Å². The van der Waals surface area contributed by atoms with Crippen LogP contribution in [0.1, 0.15) is 77.6 Å². The van der Waals surface area contributed by atoms with Gasteiger partial charge in [-0.05, 0) is 81.3 Å². The molecule has 9 nitrogen and oxygen atoms in total. The molecule has 0 aromatic heterocycles. The first-order valence-electron chi connectivity index (χ1n) is 17.2. The molecule has 0 amide bonds. The topological polar surface area (TPSA) is 113 Å². The molecule has 48 heavy (non-hydrogen) atoms. The van der Waals surface area contributed by atoms with E-state index in [1.807, 2.05) is 25.1 Å². The Morgan fingerprint density at radius 2 is 1.02 bits per heavy atom. The smallest absolute Gasteiger partial charge is 0.199 e.